The van der Waals surface area contributed by atoms with Gasteiger partial charge >= 0.3 is 11.9 Å². The number of carbonyl (C=O) groups excluding carboxylic acids is 3. The molecule has 2 aromatic rings. The Morgan fingerprint density at radius 2 is 1.71 bits per heavy atom. The second-order valence-electron chi connectivity index (χ2n) is 8.18. The number of aromatic nitrogens is 1. The van der Waals surface area contributed by atoms with Crippen molar-refractivity contribution < 1.29 is 33.3 Å². The van der Waals surface area contributed by atoms with E-state index >= 15 is 0 Å². The highest BCUT2D eigenvalue weighted by Gasteiger charge is 2.28. The first kappa shape index (κ1) is 26.8. The molecule has 34 heavy (non-hydrogen) atoms. The molecule has 1 N–H and O–H groups in total. The third-order valence-electron chi connectivity index (χ3n) is 4.72. The number of pyridine rings is 1. The molecule has 1 heterocycles. The summed E-state index contributed by atoms with van der Waals surface area (Å²) < 4.78 is 21.9. The van der Waals surface area contributed by atoms with Gasteiger partial charge in [-0.05, 0) is 25.3 Å². The molecule has 0 unspecified atom stereocenters. The first-order valence-corrected chi connectivity index (χ1v) is 11.0. The molecule has 0 radical (unpaired) electrons. The largest absolute Gasteiger partial charge is 0.493 e. The Balaban J connectivity index is 2.11. The zero-order valence-electron chi connectivity index (χ0n) is 20.4. The number of methoxy groups -OCH3 is 1. The Morgan fingerprint density at radius 3 is 2.29 bits per heavy atom. The van der Waals surface area contributed by atoms with Gasteiger partial charge < -0.3 is 24.3 Å². The standard InChI is InChI=1S/C25H32N2O7/c1-15(2)14-32-22(19-10-8-7-9-11-19)17(4)33-25(30)16(3)27-24(29)21-23(34-18(5)28)20(31-6)12-13-26-21/h7-13,15-17,22H,14H2,1-6H3,(H,27,29)/t16-,17-,22+/m0/s1. The third kappa shape index (κ3) is 7.55. The van der Waals surface area contributed by atoms with Crippen molar-refractivity contribution in [3.8, 4) is 11.5 Å². The molecule has 1 amide bonds. The van der Waals surface area contributed by atoms with E-state index < -0.39 is 36.1 Å². The highest BCUT2D eigenvalue weighted by molar-refractivity contribution is 5.98. The molecule has 9 heteroatoms. The van der Waals surface area contributed by atoms with Crippen molar-refractivity contribution in [3.05, 3.63) is 53.9 Å². The summed E-state index contributed by atoms with van der Waals surface area (Å²) in [4.78, 5) is 41.0. The van der Waals surface area contributed by atoms with Gasteiger partial charge in [-0.1, -0.05) is 44.2 Å². The summed E-state index contributed by atoms with van der Waals surface area (Å²) in [5, 5.41) is 2.53. The van der Waals surface area contributed by atoms with Crippen LogP contribution in [0.4, 0.5) is 0 Å². The minimum Gasteiger partial charge on any atom is -0.493 e. The van der Waals surface area contributed by atoms with Gasteiger partial charge in [-0.15, -0.1) is 0 Å². The molecule has 0 saturated heterocycles. The van der Waals surface area contributed by atoms with E-state index in [1.807, 2.05) is 44.2 Å². The van der Waals surface area contributed by atoms with Crippen LogP contribution in [0.3, 0.4) is 0 Å². The number of ether oxygens (including phenoxy) is 4. The van der Waals surface area contributed by atoms with Crippen LogP contribution >= 0.6 is 0 Å². The van der Waals surface area contributed by atoms with Crippen molar-refractivity contribution in [3.63, 3.8) is 0 Å². The number of nitrogens with zero attached hydrogens (tertiary/aromatic N) is 1. The number of esters is 2. The fourth-order valence-corrected chi connectivity index (χ4v) is 3.11. The highest BCUT2D eigenvalue weighted by Crippen LogP contribution is 2.30. The lowest BCUT2D eigenvalue weighted by Crippen LogP contribution is -2.42. The van der Waals surface area contributed by atoms with Gasteiger partial charge in [0, 0.05) is 25.8 Å². The fourth-order valence-electron chi connectivity index (χ4n) is 3.11. The molecule has 3 atom stereocenters. The molecule has 0 fully saturated rings. The number of rotatable bonds is 11. The van der Waals surface area contributed by atoms with Crippen molar-refractivity contribution in [2.45, 2.75) is 52.9 Å². The fraction of sp³-hybridized carbons (Fsp3) is 0.440. The highest BCUT2D eigenvalue weighted by atomic mass is 16.6. The van der Waals surface area contributed by atoms with Crippen molar-refractivity contribution in [2.24, 2.45) is 5.92 Å². The molecule has 0 saturated carbocycles. The van der Waals surface area contributed by atoms with Crippen LogP contribution in [0.15, 0.2) is 42.6 Å². The van der Waals surface area contributed by atoms with Crippen LogP contribution in [0.5, 0.6) is 11.5 Å². The summed E-state index contributed by atoms with van der Waals surface area (Å²) in [6.45, 7) is 8.99. The molecular formula is C25H32N2O7. The van der Waals surface area contributed by atoms with Crippen LogP contribution < -0.4 is 14.8 Å². The van der Waals surface area contributed by atoms with Crippen LogP contribution in [0.1, 0.15) is 56.8 Å². The normalized spacial score (nSPS) is 13.5. The number of hydrogen-bond donors (Lipinski definition) is 1. The Bertz CT molecular complexity index is 978. The van der Waals surface area contributed by atoms with Gasteiger partial charge in [0.05, 0.1) is 7.11 Å². The molecule has 1 aromatic heterocycles. The van der Waals surface area contributed by atoms with Gasteiger partial charge in [-0.2, -0.15) is 0 Å². The molecule has 0 aliphatic heterocycles. The van der Waals surface area contributed by atoms with E-state index in [9.17, 15) is 14.4 Å². The molecule has 0 bridgehead atoms. The second kappa shape index (κ2) is 12.7. The summed E-state index contributed by atoms with van der Waals surface area (Å²) in [6, 6.07) is 9.94. The number of benzene rings is 1. The van der Waals surface area contributed by atoms with Crippen LogP contribution in [0.2, 0.25) is 0 Å². The summed E-state index contributed by atoms with van der Waals surface area (Å²) >= 11 is 0. The minimum atomic E-state index is -1.00. The molecule has 9 nitrogen and oxygen atoms in total. The Kier molecular flexibility index (Phi) is 10.0. The maximum absolute atomic E-state index is 12.8. The zero-order valence-corrected chi connectivity index (χ0v) is 20.4. The summed E-state index contributed by atoms with van der Waals surface area (Å²) in [5.74, 6) is -1.68. The minimum absolute atomic E-state index is 0.129. The molecule has 0 aliphatic carbocycles. The van der Waals surface area contributed by atoms with Crippen LogP contribution in [-0.2, 0) is 19.1 Å². The van der Waals surface area contributed by atoms with Gasteiger partial charge in [0.25, 0.3) is 5.91 Å². The second-order valence-corrected chi connectivity index (χ2v) is 8.18. The average molecular weight is 473 g/mol. The molecule has 2 rings (SSSR count). The number of hydrogen-bond acceptors (Lipinski definition) is 8. The van der Waals surface area contributed by atoms with Crippen LogP contribution in [0.25, 0.3) is 0 Å². The molecule has 1 aromatic carbocycles. The smallest absolute Gasteiger partial charge is 0.328 e. The van der Waals surface area contributed by atoms with Gasteiger partial charge in [0.15, 0.2) is 11.4 Å². The first-order chi connectivity index (χ1) is 16.1. The van der Waals surface area contributed by atoms with E-state index in [4.69, 9.17) is 18.9 Å². The first-order valence-electron chi connectivity index (χ1n) is 11.0. The van der Waals surface area contributed by atoms with Crippen molar-refractivity contribution >= 4 is 17.8 Å². The number of nitrogens with one attached hydrogen (secondary N) is 1. The predicted molar refractivity (Wildman–Crippen MR) is 125 cm³/mol. The van der Waals surface area contributed by atoms with Gasteiger partial charge in [-0.25, -0.2) is 9.78 Å². The topological polar surface area (TPSA) is 113 Å². The SMILES string of the molecule is COc1ccnc(C(=O)N[C@@H](C)C(=O)O[C@@H](C)[C@@H](OCC(C)C)c2ccccc2)c1OC(C)=O. The van der Waals surface area contributed by atoms with E-state index in [0.717, 1.165) is 5.56 Å². The Hall–Kier alpha value is -3.46. The van der Waals surface area contributed by atoms with E-state index in [2.05, 4.69) is 10.3 Å². The number of carbonyl (C=O) groups is 3. The monoisotopic (exact) mass is 472 g/mol. The van der Waals surface area contributed by atoms with E-state index in [-0.39, 0.29) is 17.2 Å². The summed E-state index contributed by atoms with van der Waals surface area (Å²) in [7, 11) is 1.37. The van der Waals surface area contributed by atoms with Crippen LogP contribution in [0, 0.1) is 5.92 Å². The van der Waals surface area contributed by atoms with E-state index in [0.29, 0.717) is 12.5 Å². The molecule has 0 spiro atoms. The summed E-state index contributed by atoms with van der Waals surface area (Å²) in [6.07, 6.45) is 0.258. The van der Waals surface area contributed by atoms with E-state index in [1.165, 1.54) is 33.2 Å². The molecule has 184 valence electrons. The third-order valence-corrected chi connectivity index (χ3v) is 4.72. The Labute approximate surface area is 199 Å². The van der Waals surface area contributed by atoms with Crippen molar-refractivity contribution in [1.82, 2.24) is 10.3 Å². The van der Waals surface area contributed by atoms with Crippen LogP contribution in [-0.4, -0.2) is 48.7 Å². The van der Waals surface area contributed by atoms with Gasteiger partial charge in [-0.3, -0.25) is 9.59 Å². The van der Waals surface area contributed by atoms with Gasteiger partial charge in [0.2, 0.25) is 5.75 Å². The quantitative estimate of drug-likeness (QED) is 0.495. The maximum Gasteiger partial charge on any atom is 0.328 e. The van der Waals surface area contributed by atoms with E-state index in [1.54, 1.807) is 6.92 Å². The zero-order chi connectivity index (χ0) is 25.3. The summed E-state index contributed by atoms with van der Waals surface area (Å²) in [5.41, 5.74) is 0.691. The van der Waals surface area contributed by atoms with Gasteiger partial charge in [0.1, 0.15) is 18.2 Å². The Morgan fingerprint density at radius 1 is 1.03 bits per heavy atom. The maximum atomic E-state index is 12.8. The molecular weight excluding hydrogens is 440 g/mol. The average Bonchev–Trinajstić information content (AvgIpc) is 2.79. The lowest BCUT2D eigenvalue weighted by Gasteiger charge is -2.27. The van der Waals surface area contributed by atoms with Crippen molar-refractivity contribution in [1.29, 1.82) is 0 Å². The predicted octanol–water partition coefficient (Wildman–Crippen LogP) is 3.48. The van der Waals surface area contributed by atoms with Crippen molar-refractivity contribution in [2.75, 3.05) is 13.7 Å². The lowest BCUT2D eigenvalue weighted by atomic mass is 10.0. The molecule has 0 aliphatic rings. The number of amides is 1. The lowest BCUT2D eigenvalue weighted by molar-refractivity contribution is -0.159.